The summed E-state index contributed by atoms with van der Waals surface area (Å²) in [4.78, 5) is 12.0. The van der Waals surface area contributed by atoms with E-state index in [1.54, 1.807) is 6.07 Å². The van der Waals surface area contributed by atoms with Gasteiger partial charge >= 0.3 is 0 Å². The maximum absolute atomic E-state index is 12.0. The number of nitrogens with two attached hydrogens (primary N) is 1. The highest BCUT2D eigenvalue weighted by molar-refractivity contribution is 5.91. The van der Waals surface area contributed by atoms with E-state index in [1.165, 1.54) is 11.0 Å². The van der Waals surface area contributed by atoms with E-state index in [0.29, 0.717) is 5.69 Å². The van der Waals surface area contributed by atoms with Crippen molar-refractivity contribution in [2.24, 2.45) is 11.1 Å². The number of nitrogens with zero attached hydrogens (tertiary/aromatic N) is 4. The van der Waals surface area contributed by atoms with Gasteiger partial charge in [-0.25, -0.2) is 4.68 Å². The van der Waals surface area contributed by atoms with Crippen LogP contribution >= 0.6 is 0 Å². The lowest BCUT2D eigenvalue weighted by Gasteiger charge is -2.26. The van der Waals surface area contributed by atoms with Gasteiger partial charge in [0.15, 0.2) is 0 Å². The average molecular weight is 288 g/mol. The molecular formula is C14H20N6O. The first-order valence-corrected chi connectivity index (χ1v) is 6.75. The third-order valence-corrected chi connectivity index (χ3v) is 3.26. The zero-order chi connectivity index (χ0) is 15.5. The van der Waals surface area contributed by atoms with Crippen molar-refractivity contribution in [3.63, 3.8) is 0 Å². The zero-order valence-electron chi connectivity index (χ0n) is 12.4. The Balaban J connectivity index is 2.03. The molecule has 1 aromatic heterocycles. The van der Waals surface area contributed by atoms with Crippen LogP contribution in [-0.2, 0) is 4.79 Å². The molecule has 2 rings (SSSR count). The SMILES string of the molecule is CC(C)(C)C(N)CC(=O)Nc1cccc(-n2cnnn2)c1. The van der Waals surface area contributed by atoms with Gasteiger partial charge < -0.3 is 11.1 Å². The fourth-order valence-corrected chi connectivity index (χ4v) is 1.72. The molecular weight excluding hydrogens is 268 g/mol. The van der Waals surface area contributed by atoms with E-state index < -0.39 is 0 Å². The normalized spacial score (nSPS) is 13.0. The van der Waals surface area contributed by atoms with Crippen molar-refractivity contribution in [3.8, 4) is 5.69 Å². The standard InChI is InChI=1S/C14H20N6O/c1-14(2,3)12(15)8-13(21)17-10-5-4-6-11(7-10)20-9-16-18-19-20/h4-7,9,12H,8,15H2,1-3H3,(H,17,21). The van der Waals surface area contributed by atoms with Crippen LogP contribution in [0.2, 0.25) is 0 Å². The Labute approximate surface area is 123 Å². The summed E-state index contributed by atoms with van der Waals surface area (Å²) in [6.07, 6.45) is 1.77. The van der Waals surface area contributed by atoms with Crippen molar-refractivity contribution in [1.29, 1.82) is 0 Å². The summed E-state index contributed by atoms with van der Waals surface area (Å²) in [6.45, 7) is 6.05. The molecule has 0 radical (unpaired) electrons. The summed E-state index contributed by atoms with van der Waals surface area (Å²) >= 11 is 0. The zero-order valence-corrected chi connectivity index (χ0v) is 12.4. The molecule has 1 aromatic carbocycles. The Morgan fingerprint density at radius 2 is 2.19 bits per heavy atom. The van der Waals surface area contributed by atoms with Crippen molar-refractivity contribution in [2.45, 2.75) is 33.2 Å². The van der Waals surface area contributed by atoms with Gasteiger partial charge in [0, 0.05) is 18.2 Å². The Kier molecular flexibility index (Phi) is 4.32. The molecule has 0 fully saturated rings. The largest absolute Gasteiger partial charge is 0.327 e. The average Bonchev–Trinajstić information content (AvgIpc) is 2.91. The minimum atomic E-state index is -0.194. The Bertz CT molecular complexity index is 602. The molecule has 1 unspecified atom stereocenters. The maximum Gasteiger partial charge on any atom is 0.225 e. The third-order valence-electron chi connectivity index (χ3n) is 3.26. The minimum Gasteiger partial charge on any atom is -0.327 e. The number of aromatic nitrogens is 4. The van der Waals surface area contributed by atoms with E-state index in [9.17, 15) is 4.79 Å². The Morgan fingerprint density at radius 1 is 1.43 bits per heavy atom. The van der Waals surface area contributed by atoms with Crippen LogP contribution in [0.4, 0.5) is 5.69 Å². The Hall–Kier alpha value is -2.28. The fraction of sp³-hybridized carbons (Fsp3) is 0.429. The van der Waals surface area contributed by atoms with Crippen LogP contribution in [0.1, 0.15) is 27.2 Å². The van der Waals surface area contributed by atoms with Gasteiger partial charge in [-0.1, -0.05) is 26.8 Å². The number of hydrogen-bond donors (Lipinski definition) is 2. The fourth-order valence-electron chi connectivity index (χ4n) is 1.72. The highest BCUT2D eigenvalue weighted by Gasteiger charge is 2.23. The molecule has 0 saturated heterocycles. The van der Waals surface area contributed by atoms with Gasteiger partial charge in [-0.2, -0.15) is 0 Å². The quantitative estimate of drug-likeness (QED) is 0.885. The molecule has 0 bridgehead atoms. The monoisotopic (exact) mass is 288 g/mol. The first-order chi connectivity index (χ1) is 9.86. The van der Waals surface area contributed by atoms with Crippen LogP contribution in [0.3, 0.4) is 0 Å². The summed E-state index contributed by atoms with van der Waals surface area (Å²) in [5.41, 5.74) is 7.38. The molecule has 0 spiro atoms. The highest BCUT2D eigenvalue weighted by atomic mass is 16.1. The van der Waals surface area contributed by atoms with Gasteiger partial charge in [-0.3, -0.25) is 4.79 Å². The van der Waals surface area contributed by atoms with Crippen molar-refractivity contribution in [1.82, 2.24) is 20.2 Å². The first kappa shape index (κ1) is 15.1. The van der Waals surface area contributed by atoms with E-state index in [4.69, 9.17) is 5.73 Å². The van der Waals surface area contributed by atoms with Crippen molar-refractivity contribution in [2.75, 3.05) is 5.32 Å². The van der Waals surface area contributed by atoms with Crippen molar-refractivity contribution in [3.05, 3.63) is 30.6 Å². The summed E-state index contributed by atoms with van der Waals surface area (Å²) in [6, 6.07) is 7.11. The molecule has 7 heteroatoms. The lowest BCUT2D eigenvalue weighted by atomic mass is 9.85. The van der Waals surface area contributed by atoms with Crippen LogP contribution < -0.4 is 11.1 Å². The number of anilines is 1. The van der Waals surface area contributed by atoms with Crippen LogP contribution in [0.25, 0.3) is 5.69 Å². The summed E-state index contributed by atoms with van der Waals surface area (Å²) in [5, 5.41) is 13.8. The van der Waals surface area contributed by atoms with Gasteiger partial charge in [0.1, 0.15) is 6.33 Å². The van der Waals surface area contributed by atoms with Crippen LogP contribution in [0.15, 0.2) is 30.6 Å². The number of carbonyl (C=O) groups excluding carboxylic acids is 1. The second kappa shape index (κ2) is 6.01. The number of benzene rings is 1. The molecule has 1 heterocycles. The predicted octanol–water partition coefficient (Wildman–Crippen LogP) is 1.36. The van der Waals surface area contributed by atoms with Crippen LogP contribution in [0, 0.1) is 5.41 Å². The number of carbonyl (C=O) groups is 1. The summed E-state index contributed by atoms with van der Waals surface area (Å²) in [5.74, 6) is -0.105. The number of hydrogen-bond acceptors (Lipinski definition) is 5. The highest BCUT2D eigenvalue weighted by Crippen LogP contribution is 2.20. The maximum atomic E-state index is 12.0. The smallest absolute Gasteiger partial charge is 0.225 e. The molecule has 112 valence electrons. The molecule has 1 amide bonds. The summed E-state index contributed by atoms with van der Waals surface area (Å²) in [7, 11) is 0. The van der Waals surface area contributed by atoms with Crippen molar-refractivity contribution < 1.29 is 4.79 Å². The second-order valence-electron chi connectivity index (χ2n) is 6.03. The van der Waals surface area contributed by atoms with Crippen LogP contribution in [-0.4, -0.2) is 32.2 Å². The Morgan fingerprint density at radius 3 is 2.81 bits per heavy atom. The van der Waals surface area contributed by atoms with E-state index in [2.05, 4.69) is 20.8 Å². The van der Waals surface area contributed by atoms with Gasteiger partial charge in [-0.15, -0.1) is 5.10 Å². The molecule has 21 heavy (non-hydrogen) atoms. The van der Waals surface area contributed by atoms with Crippen LogP contribution in [0.5, 0.6) is 0 Å². The lowest BCUT2D eigenvalue weighted by molar-refractivity contribution is -0.117. The molecule has 0 aliphatic rings. The second-order valence-corrected chi connectivity index (χ2v) is 6.03. The molecule has 7 nitrogen and oxygen atoms in total. The van der Waals surface area contributed by atoms with E-state index in [1.807, 2.05) is 39.0 Å². The number of rotatable bonds is 4. The molecule has 0 saturated carbocycles. The lowest BCUT2D eigenvalue weighted by Crippen LogP contribution is -2.38. The van der Waals surface area contributed by atoms with Gasteiger partial charge in [0.05, 0.1) is 5.69 Å². The summed E-state index contributed by atoms with van der Waals surface area (Å²) < 4.78 is 1.52. The van der Waals surface area contributed by atoms with Crippen molar-refractivity contribution >= 4 is 11.6 Å². The topological polar surface area (TPSA) is 98.7 Å². The van der Waals surface area contributed by atoms with E-state index in [0.717, 1.165) is 5.69 Å². The number of amides is 1. The number of tetrazole rings is 1. The molecule has 1 atom stereocenters. The minimum absolute atomic E-state index is 0.105. The molecule has 2 aromatic rings. The molecule has 0 aliphatic carbocycles. The predicted molar refractivity (Wildman–Crippen MR) is 79.8 cm³/mol. The third kappa shape index (κ3) is 4.09. The van der Waals surface area contributed by atoms with Gasteiger partial charge in [-0.05, 0) is 34.0 Å². The van der Waals surface area contributed by atoms with Gasteiger partial charge in [0.25, 0.3) is 0 Å². The van der Waals surface area contributed by atoms with E-state index in [-0.39, 0.29) is 23.8 Å². The van der Waals surface area contributed by atoms with Gasteiger partial charge in [0.2, 0.25) is 5.91 Å². The number of nitrogens with one attached hydrogen (secondary N) is 1. The van der Waals surface area contributed by atoms with E-state index >= 15 is 0 Å². The molecule has 0 aliphatic heterocycles. The molecule has 3 N–H and O–H groups in total. The first-order valence-electron chi connectivity index (χ1n) is 6.75.